The number of amides is 1. The van der Waals surface area contributed by atoms with Gasteiger partial charge in [0.25, 0.3) is 11.1 Å². The fourth-order valence-electron chi connectivity index (χ4n) is 2.70. The Hall–Kier alpha value is -2.80. The van der Waals surface area contributed by atoms with Crippen LogP contribution in [0.15, 0.2) is 63.1 Å². The van der Waals surface area contributed by atoms with Crippen molar-refractivity contribution in [3.05, 3.63) is 64.1 Å². The topological polar surface area (TPSA) is 118 Å². The van der Waals surface area contributed by atoms with Crippen molar-refractivity contribution in [3.8, 4) is 0 Å². The van der Waals surface area contributed by atoms with Crippen LogP contribution in [0, 0.1) is 0 Å². The number of nitrogens with zero attached hydrogens (tertiary/aromatic N) is 4. The Balaban J connectivity index is 1.38. The molecule has 0 saturated heterocycles. The highest BCUT2D eigenvalue weighted by molar-refractivity contribution is 7.98. The summed E-state index contributed by atoms with van der Waals surface area (Å²) in [7, 11) is -0.604. The lowest BCUT2D eigenvalue weighted by molar-refractivity contribution is 0.0950. The molecule has 1 amide bonds. The third kappa shape index (κ3) is 4.99. The first-order chi connectivity index (χ1) is 15.3. The first-order valence-corrected chi connectivity index (χ1v) is 12.7. The van der Waals surface area contributed by atoms with E-state index in [-0.39, 0.29) is 15.8 Å². The van der Waals surface area contributed by atoms with Crippen molar-refractivity contribution < 1.29 is 17.6 Å². The van der Waals surface area contributed by atoms with E-state index in [1.165, 1.54) is 49.3 Å². The number of nitrogens with one attached hydrogen (secondary N) is 1. The number of hydrogen-bond acceptors (Lipinski definition) is 9. The second-order valence-electron chi connectivity index (χ2n) is 6.85. The molecule has 9 nitrogen and oxygen atoms in total. The molecule has 2 aromatic carbocycles. The fourth-order valence-corrected chi connectivity index (χ4v) is 5.20. The zero-order valence-electron chi connectivity index (χ0n) is 17.2. The standard InChI is InChI=1S/C20H19N5O4S3/c1-25(2)32(27,28)14-8-9-16-15(10-14)22-20(29-16)30-12-17-23-24-19(31-17)18(26)21-11-13-6-4-3-5-7-13/h3-10H,11-12H2,1-2H3,(H,21,26). The highest BCUT2D eigenvalue weighted by Gasteiger charge is 2.19. The van der Waals surface area contributed by atoms with E-state index in [0.29, 0.717) is 33.6 Å². The quantitative estimate of drug-likeness (QED) is 0.375. The second-order valence-corrected chi connectivity index (χ2v) is 11.0. The predicted molar refractivity (Wildman–Crippen MR) is 122 cm³/mol. The van der Waals surface area contributed by atoms with Crippen LogP contribution in [0.3, 0.4) is 0 Å². The molecule has 4 aromatic rings. The van der Waals surface area contributed by atoms with Crippen LogP contribution in [0.1, 0.15) is 20.4 Å². The zero-order chi connectivity index (χ0) is 22.7. The van der Waals surface area contributed by atoms with Crippen LogP contribution >= 0.6 is 23.1 Å². The Morgan fingerprint density at radius 2 is 1.94 bits per heavy atom. The number of carbonyl (C=O) groups is 1. The molecule has 0 spiro atoms. The maximum atomic E-state index is 12.3. The summed E-state index contributed by atoms with van der Waals surface area (Å²) in [4.78, 5) is 16.8. The van der Waals surface area contributed by atoms with Crippen molar-refractivity contribution in [1.82, 2.24) is 24.8 Å². The van der Waals surface area contributed by atoms with E-state index >= 15 is 0 Å². The number of fused-ring (bicyclic) bond motifs is 1. The molecule has 0 atom stereocenters. The molecule has 12 heteroatoms. The van der Waals surface area contributed by atoms with Gasteiger partial charge < -0.3 is 9.73 Å². The van der Waals surface area contributed by atoms with Crippen molar-refractivity contribution >= 4 is 50.1 Å². The minimum atomic E-state index is -3.55. The molecule has 4 rings (SSSR count). The van der Waals surface area contributed by atoms with Crippen molar-refractivity contribution in [2.45, 2.75) is 22.4 Å². The van der Waals surface area contributed by atoms with Gasteiger partial charge >= 0.3 is 0 Å². The third-order valence-corrected chi connectivity index (χ3v) is 8.15. The number of hydrogen-bond donors (Lipinski definition) is 1. The molecule has 166 valence electrons. The lowest BCUT2D eigenvalue weighted by Crippen LogP contribution is -2.22. The van der Waals surface area contributed by atoms with Gasteiger partial charge in [-0.2, -0.15) is 0 Å². The van der Waals surface area contributed by atoms with Crippen molar-refractivity contribution in [2.75, 3.05) is 14.1 Å². The maximum Gasteiger partial charge on any atom is 0.282 e. The number of sulfonamides is 1. The van der Waals surface area contributed by atoms with Crippen molar-refractivity contribution in [1.29, 1.82) is 0 Å². The Labute approximate surface area is 192 Å². The monoisotopic (exact) mass is 489 g/mol. The Kier molecular flexibility index (Phi) is 6.55. The number of thioether (sulfide) groups is 1. The average Bonchev–Trinajstić information content (AvgIpc) is 3.42. The third-order valence-electron chi connectivity index (χ3n) is 4.39. The fraction of sp³-hybridized carbons (Fsp3) is 0.200. The van der Waals surface area contributed by atoms with E-state index in [4.69, 9.17) is 4.42 Å². The molecular weight excluding hydrogens is 470 g/mol. The summed E-state index contributed by atoms with van der Waals surface area (Å²) in [6.07, 6.45) is 0. The normalized spacial score (nSPS) is 11.8. The lowest BCUT2D eigenvalue weighted by Gasteiger charge is -2.10. The number of aromatic nitrogens is 3. The minimum Gasteiger partial charge on any atom is -0.431 e. The van der Waals surface area contributed by atoms with Gasteiger partial charge in [-0.1, -0.05) is 53.4 Å². The van der Waals surface area contributed by atoms with Gasteiger partial charge in [-0.15, -0.1) is 10.2 Å². The molecular formula is C20H19N5O4S3. The van der Waals surface area contributed by atoms with Gasteiger partial charge in [0, 0.05) is 20.6 Å². The summed E-state index contributed by atoms with van der Waals surface area (Å²) in [5.74, 6) is 0.137. The van der Waals surface area contributed by atoms with E-state index in [1.807, 2.05) is 30.3 Å². The highest BCUT2D eigenvalue weighted by Crippen LogP contribution is 2.29. The molecule has 0 bridgehead atoms. The summed E-state index contributed by atoms with van der Waals surface area (Å²) in [6, 6.07) is 14.2. The van der Waals surface area contributed by atoms with Gasteiger partial charge in [-0.3, -0.25) is 4.79 Å². The molecule has 0 saturated carbocycles. The largest absolute Gasteiger partial charge is 0.431 e. The van der Waals surface area contributed by atoms with E-state index in [1.54, 1.807) is 6.07 Å². The zero-order valence-corrected chi connectivity index (χ0v) is 19.6. The number of oxazole rings is 1. The van der Waals surface area contributed by atoms with Gasteiger partial charge in [-0.05, 0) is 23.8 Å². The summed E-state index contributed by atoms with van der Waals surface area (Å²) in [5.41, 5.74) is 1.94. The van der Waals surface area contributed by atoms with Crippen molar-refractivity contribution in [3.63, 3.8) is 0 Å². The molecule has 0 unspecified atom stereocenters. The maximum absolute atomic E-state index is 12.3. The van der Waals surface area contributed by atoms with Crippen LogP contribution in [-0.4, -0.2) is 47.9 Å². The van der Waals surface area contributed by atoms with Crippen LogP contribution in [0.5, 0.6) is 0 Å². The minimum absolute atomic E-state index is 0.148. The first-order valence-electron chi connectivity index (χ1n) is 9.43. The number of rotatable bonds is 8. The van der Waals surface area contributed by atoms with Crippen LogP contribution in [0.25, 0.3) is 11.1 Å². The SMILES string of the molecule is CN(C)S(=O)(=O)c1ccc2oc(SCc3nnc(C(=O)NCc4ccccc4)s3)nc2c1. The summed E-state index contributed by atoms with van der Waals surface area (Å²) in [5, 5.41) is 12.2. The van der Waals surface area contributed by atoms with Crippen LogP contribution in [0.4, 0.5) is 0 Å². The smallest absolute Gasteiger partial charge is 0.282 e. The van der Waals surface area contributed by atoms with Crippen LogP contribution in [0.2, 0.25) is 0 Å². The lowest BCUT2D eigenvalue weighted by atomic mass is 10.2. The second kappa shape index (κ2) is 9.36. The predicted octanol–water partition coefficient (Wildman–Crippen LogP) is 3.15. The highest BCUT2D eigenvalue weighted by atomic mass is 32.2. The van der Waals surface area contributed by atoms with Gasteiger partial charge in [0.1, 0.15) is 10.5 Å². The van der Waals surface area contributed by atoms with E-state index in [0.717, 1.165) is 9.87 Å². The molecule has 0 aliphatic heterocycles. The van der Waals surface area contributed by atoms with Gasteiger partial charge in [0.15, 0.2) is 5.58 Å². The Morgan fingerprint density at radius 3 is 2.69 bits per heavy atom. The molecule has 32 heavy (non-hydrogen) atoms. The van der Waals surface area contributed by atoms with Crippen LogP contribution < -0.4 is 5.32 Å². The van der Waals surface area contributed by atoms with Crippen LogP contribution in [-0.2, 0) is 22.3 Å². The average molecular weight is 490 g/mol. The Morgan fingerprint density at radius 1 is 1.16 bits per heavy atom. The Bertz CT molecular complexity index is 1350. The molecule has 0 fully saturated rings. The number of carbonyl (C=O) groups excluding carboxylic acids is 1. The molecule has 1 N–H and O–H groups in total. The molecule has 2 aromatic heterocycles. The van der Waals surface area contributed by atoms with Crippen molar-refractivity contribution in [2.24, 2.45) is 0 Å². The van der Waals surface area contributed by atoms with E-state index in [2.05, 4.69) is 20.5 Å². The summed E-state index contributed by atoms with van der Waals surface area (Å²) in [6.45, 7) is 0.414. The van der Waals surface area contributed by atoms with Gasteiger partial charge in [0.2, 0.25) is 15.0 Å². The summed E-state index contributed by atoms with van der Waals surface area (Å²) >= 11 is 2.49. The van der Waals surface area contributed by atoms with E-state index in [9.17, 15) is 13.2 Å². The molecule has 0 aliphatic rings. The molecule has 0 radical (unpaired) electrons. The molecule has 0 aliphatic carbocycles. The van der Waals surface area contributed by atoms with Gasteiger partial charge in [-0.25, -0.2) is 17.7 Å². The summed E-state index contributed by atoms with van der Waals surface area (Å²) < 4.78 is 31.4. The van der Waals surface area contributed by atoms with Gasteiger partial charge in [0.05, 0.1) is 10.6 Å². The number of benzene rings is 2. The first kappa shape index (κ1) is 22.4. The molecule has 2 heterocycles. The van der Waals surface area contributed by atoms with E-state index < -0.39 is 10.0 Å².